The molecule has 2 atom stereocenters. The van der Waals surface area contributed by atoms with Crippen molar-refractivity contribution in [2.45, 2.75) is 18.8 Å². The fraction of sp³-hybridized carbons (Fsp3) is 0.235. The maximum Gasteiger partial charge on any atom is 0.407 e. The molecule has 0 heterocycles. The fourth-order valence-electron chi connectivity index (χ4n) is 2.10. The number of nitrogens with one attached hydrogen (secondary N) is 1. The van der Waals surface area contributed by atoms with Gasteiger partial charge >= 0.3 is 6.09 Å². The molecule has 0 aromatic heterocycles. The van der Waals surface area contributed by atoms with E-state index in [1.807, 2.05) is 30.3 Å². The first-order chi connectivity index (χ1) is 11.5. The molecular formula is C17H19BrN2O4. The number of aliphatic hydroxyl groups is 2. The van der Waals surface area contributed by atoms with Crippen molar-refractivity contribution in [3.8, 4) is 0 Å². The van der Waals surface area contributed by atoms with Crippen LogP contribution in [0, 0.1) is 0 Å². The zero-order valence-electron chi connectivity index (χ0n) is 12.9. The van der Waals surface area contributed by atoms with Crippen LogP contribution in [0.2, 0.25) is 0 Å². The van der Waals surface area contributed by atoms with E-state index < -0.39 is 18.3 Å². The van der Waals surface area contributed by atoms with Gasteiger partial charge in [0.1, 0.15) is 18.8 Å². The molecule has 5 N–H and O–H groups in total. The number of nitrogen functional groups attached to an aromatic ring is 1. The molecule has 0 spiro atoms. The summed E-state index contributed by atoms with van der Waals surface area (Å²) < 4.78 is 5.80. The van der Waals surface area contributed by atoms with Gasteiger partial charge < -0.3 is 26.0 Å². The van der Waals surface area contributed by atoms with Crippen molar-refractivity contribution in [3.05, 3.63) is 64.1 Å². The summed E-state index contributed by atoms with van der Waals surface area (Å²) in [6.45, 7) is -0.0325. The minimum atomic E-state index is -1.22. The van der Waals surface area contributed by atoms with E-state index in [1.54, 1.807) is 18.2 Å². The number of nitrogens with two attached hydrogens (primary N) is 1. The Bertz CT molecular complexity index is 682. The van der Waals surface area contributed by atoms with Crippen molar-refractivity contribution in [3.63, 3.8) is 0 Å². The number of anilines is 1. The largest absolute Gasteiger partial charge is 0.445 e. The maximum atomic E-state index is 11.6. The topological polar surface area (TPSA) is 105 Å². The van der Waals surface area contributed by atoms with Gasteiger partial charge in [-0.15, -0.1) is 0 Å². The third-order valence-corrected chi connectivity index (χ3v) is 3.89. The van der Waals surface area contributed by atoms with Crippen LogP contribution in [0.5, 0.6) is 0 Å². The van der Waals surface area contributed by atoms with Crippen molar-refractivity contribution >= 4 is 27.7 Å². The van der Waals surface area contributed by atoms with Crippen LogP contribution in [0.3, 0.4) is 0 Å². The number of halogens is 1. The fourth-order valence-corrected chi connectivity index (χ4v) is 2.47. The van der Waals surface area contributed by atoms with Crippen molar-refractivity contribution < 1.29 is 19.7 Å². The van der Waals surface area contributed by atoms with Crippen LogP contribution in [0.1, 0.15) is 17.2 Å². The van der Waals surface area contributed by atoms with E-state index in [-0.39, 0.29) is 13.2 Å². The molecule has 1 amide bonds. The standard InChI is InChI=1S/C17H19BrN2O4/c18-12-6-7-13(14(19)8-12)16(22)15(21)9-20-17(23)24-10-11-4-2-1-3-5-11/h1-8,15-16,21-22H,9-10,19H2,(H,20,23). The molecule has 0 bridgehead atoms. The molecule has 2 aromatic rings. The van der Waals surface area contributed by atoms with Gasteiger partial charge in [-0.2, -0.15) is 0 Å². The molecule has 0 aliphatic carbocycles. The van der Waals surface area contributed by atoms with E-state index in [1.165, 1.54) is 0 Å². The van der Waals surface area contributed by atoms with Crippen LogP contribution in [0.4, 0.5) is 10.5 Å². The first-order valence-corrected chi connectivity index (χ1v) is 8.12. The molecule has 0 radical (unpaired) electrons. The molecule has 6 nitrogen and oxygen atoms in total. The molecular weight excluding hydrogens is 376 g/mol. The smallest absolute Gasteiger partial charge is 0.407 e. The van der Waals surface area contributed by atoms with Crippen LogP contribution in [-0.4, -0.2) is 29.0 Å². The number of rotatable bonds is 6. The van der Waals surface area contributed by atoms with E-state index in [0.717, 1.165) is 10.0 Å². The lowest BCUT2D eigenvalue weighted by Gasteiger charge is -2.20. The van der Waals surface area contributed by atoms with Crippen LogP contribution < -0.4 is 11.1 Å². The molecule has 128 valence electrons. The van der Waals surface area contributed by atoms with Gasteiger partial charge in [-0.3, -0.25) is 0 Å². The highest BCUT2D eigenvalue weighted by atomic mass is 79.9. The van der Waals surface area contributed by atoms with Gasteiger partial charge in [-0.05, 0) is 17.7 Å². The van der Waals surface area contributed by atoms with E-state index >= 15 is 0 Å². The third-order valence-electron chi connectivity index (χ3n) is 3.40. The lowest BCUT2D eigenvalue weighted by Crippen LogP contribution is -2.36. The second kappa shape index (κ2) is 8.68. The molecule has 0 aliphatic rings. The predicted octanol–water partition coefficient (Wildman–Crippen LogP) is 2.35. The Hall–Kier alpha value is -2.09. The number of amides is 1. The van der Waals surface area contributed by atoms with Crippen LogP contribution in [0.25, 0.3) is 0 Å². The molecule has 24 heavy (non-hydrogen) atoms. The lowest BCUT2D eigenvalue weighted by molar-refractivity contribution is 0.0188. The van der Waals surface area contributed by atoms with E-state index in [2.05, 4.69) is 21.2 Å². The highest BCUT2D eigenvalue weighted by Gasteiger charge is 2.21. The molecule has 2 aromatic carbocycles. The van der Waals surface area contributed by atoms with Crippen molar-refractivity contribution in [2.75, 3.05) is 12.3 Å². The monoisotopic (exact) mass is 394 g/mol. The van der Waals surface area contributed by atoms with Gasteiger partial charge in [0.05, 0.1) is 0 Å². The number of aliphatic hydroxyl groups excluding tert-OH is 2. The number of alkyl carbamates (subject to hydrolysis) is 1. The normalized spacial score (nSPS) is 13.1. The second-order valence-electron chi connectivity index (χ2n) is 5.23. The van der Waals surface area contributed by atoms with Gasteiger partial charge in [-0.25, -0.2) is 4.79 Å². The van der Waals surface area contributed by atoms with E-state index in [9.17, 15) is 15.0 Å². The highest BCUT2D eigenvalue weighted by Crippen LogP contribution is 2.26. The van der Waals surface area contributed by atoms with Gasteiger partial charge in [-0.1, -0.05) is 52.3 Å². The predicted molar refractivity (Wildman–Crippen MR) is 94.2 cm³/mol. The van der Waals surface area contributed by atoms with Gasteiger partial charge in [0.25, 0.3) is 0 Å². The van der Waals surface area contributed by atoms with Crippen molar-refractivity contribution in [1.29, 1.82) is 0 Å². The highest BCUT2D eigenvalue weighted by molar-refractivity contribution is 9.10. The molecule has 2 rings (SSSR count). The summed E-state index contributed by atoms with van der Waals surface area (Å²) in [5.41, 5.74) is 7.42. The first-order valence-electron chi connectivity index (χ1n) is 7.33. The lowest BCUT2D eigenvalue weighted by atomic mass is 10.0. The Labute approximate surface area is 148 Å². The zero-order chi connectivity index (χ0) is 17.5. The van der Waals surface area contributed by atoms with Gasteiger partial charge in [0.2, 0.25) is 0 Å². The van der Waals surface area contributed by atoms with E-state index in [4.69, 9.17) is 10.5 Å². The number of hydrogen-bond acceptors (Lipinski definition) is 5. The summed E-state index contributed by atoms with van der Waals surface area (Å²) in [4.78, 5) is 11.6. The number of ether oxygens (including phenoxy) is 1. The van der Waals surface area contributed by atoms with E-state index in [0.29, 0.717) is 11.3 Å². The molecule has 0 saturated heterocycles. The molecule has 7 heteroatoms. The average molecular weight is 395 g/mol. The Balaban J connectivity index is 1.81. The summed E-state index contributed by atoms with van der Waals surface area (Å²) >= 11 is 3.27. The molecule has 0 saturated carbocycles. The Morgan fingerprint density at radius 3 is 2.58 bits per heavy atom. The minimum absolute atomic E-state index is 0.130. The third kappa shape index (κ3) is 5.23. The van der Waals surface area contributed by atoms with Crippen LogP contribution >= 0.6 is 15.9 Å². The zero-order valence-corrected chi connectivity index (χ0v) is 14.4. The summed E-state index contributed by atoms with van der Waals surface area (Å²) in [7, 11) is 0. The van der Waals surface area contributed by atoms with Crippen molar-refractivity contribution in [1.82, 2.24) is 5.32 Å². The summed E-state index contributed by atoms with van der Waals surface area (Å²) in [6, 6.07) is 14.2. The maximum absolute atomic E-state index is 11.6. The van der Waals surface area contributed by atoms with Crippen LogP contribution in [0.15, 0.2) is 53.0 Å². The molecule has 2 unspecified atom stereocenters. The van der Waals surface area contributed by atoms with Gasteiger partial charge in [0.15, 0.2) is 0 Å². The minimum Gasteiger partial charge on any atom is -0.445 e. The van der Waals surface area contributed by atoms with Crippen molar-refractivity contribution in [2.24, 2.45) is 0 Å². The quantitative estimate of drug-likeness (QED) is 0.562. The summed E-state index contributed by atoms with van der Waals surface area (Å²) in [5, 5.41) is 22.6. The number of hydrogen-bond donors (Lipinski definition) is 4. The Morgan fingerprint density at radius 2 is 1.92 bits per heavy atom. The summed E-state index contributed by atoms with van der Waals surface area (Å²) in [6.07, 6.45) is -3.10. The average Bonchev–Trinajstić information content (AvgIpc) is 2.58. The van der Waals surface area contributed by atoms with Gasteiger partial charge in [0, 0.05) is 22.3 Å². The number of benzene rings is 2. The molecule has 0 fully saturated rings. The first kappa shape index (κ1) is 18.3. The Morgan fingerprint density at radius 1 is 1.21 bits per heavy atom. The second-order valence-corrected chi connectivity index (χ2v) is 6.14. The number of carbonyl (C=O) groups excluding carboxylic acids is 1. The SMILES string of the molecule is Nc1cc(Br)ccc1C(O)C(O)CNC(=O)OCc1ccccc1. The number of carbonyl (C=O) groups is 1. The Kier molecular flexibility index (Phi) is 6.60. The molecule has 0 aliphatic heterocycles. The van der Waals surface area contributed by atoms with Crippen LogP contribution in [-0.2, 0) is 11.3 Å². The summed E-state index contributed by atoms with van der Waals surface area (Å²) in [5.74, 6) is 0.